The highest BCUT2D eigenvalue weighted by molar-refractivity contribution is 5.55. The van der Waals surface area contributed by atoms with E-state index in [4.69, 9.17) is 9.63 Å². The second-order valence-electron chi connectivity index (χ2n) is 4.47. The molecule has 7 heteroatoms. The van der Waals surface area contributed by atoms with Gasteiger partial charge in [-0.05, 0) is 24.6 Å². The zero-order chi connectivity index (χ0) is 13.4. The van der Waals surface area contributed by atoms with Gasteiger partial charge in [-0.2, -0.15) is 4.98 Å². The summed E-state index contributed by atoms with van der Waals surface area (Å²) in [6.45, 7) is 0.482. The first-order valence-electron chi connectivity index (χ1n) is 5.87. The minimum absolute atomic E-state index is 0.182. The highest BCUT2D eigenvalue weighted by Gasteiger charge is 2.28. The van der Waals surface area contributed by atoms with Crippen LogP contribution in [0.4, 0.5) is 4.39 Å². The van der Waals surface area contributed by atoms with Gasteiger partial charge in [-0.1, -0.05) is 5.16 Å². The minimum atomic E-state index is -0.738. The van der Waals surface area contributed by atoms with Gasteiger partial charge in [-0.3, -0.25) is 0 Å². The molecule has 0 spiro atoms. The van der Waals surface area contributed by atoms with E-state index in [1.807, 2.05) is 0 Å². The molecule has 2 atom stereocenters. The fourth-order valence-electron chi connectivity index (χ4n) is 2.05. The number of phenols is 1. The molecule has 2 aromatic rings. The molecule has 2 heterocycles. The van der Waals surface area contributed by atoms with Crippen molar-refractivity contribution in [2.75, 3.05) is 6.54 Å². The van der Waals surface area contributed by atoms with Gasteiger partial charge in [0.2, 0.25) is 11.7 Å². The van der Waals surface area contributed by atoms with Crippen LogP contribution in [0.1, 0.15) is 18.4 Å². The van der Waals surface area contributed by atoms with E-state index in [9.17, 15) is 9.50 Å². The summed E-state index contributed by atoms with van der Waals surface area (Å²) in [4.78, 5) is 4.17. The number of rotatable bonds is 2. The van der Waals surface area contributed by atoms with Crippen molar-refractivity contribution in [3.63, 3.8) is 0 Å². The maximum Gasteiger partial charge on any atom is 0.244 e. The predicted molar refractivity (Wildman–Crippen MR) is 62.7 cm³/mol. The van der Waals surface area contributed by atoms with Crippen LogP contribution in [0, 0.1) is 5.82 Å². The van der Waals surface area contributed by atoms with Crippen LogP contribution in [0.25, 0.3) is 11.4 Å². The average Bonchev–Trinajstić information content (AvgIpc) is 3.01. The normalized spacial score (nSPS) is 22.8. The Bertz CT molecular complexity index is 602. The Hall–Kier alpha value is -1.99. The molecule has 1 fully saturated rings. The Kier molecular flexibility index (Phi) is 2.92. The molecule has 0 bridgehead atoms. The van der Waals surface area contributed by atoms with Crippen LogP contribution in [0.3, 0.4) is 0 Å². The highest BCUT2D eigenvalue weighted by atomic mass is 19.1. The zero-order valence-electron chi connectivity index (χ0n) is 9.88. The first-order chi connectivity index (χ1) is 9.13. The number of halogens is 1. The van der Waals surface area contributed by atoms with E-state index in [0.29, 0.717) is 24.4 Å². The van der Waals surface area contributed by atoms with Crippen LogP contribution < -0.4 is 5.32 Å². The number of benzene rings is 1. The molecule has 100 valence electrons. The summed E-state index contributed by atoms with van der Waals surface area (Å²) < 4.78 is 18.3. The van der Waals surface area contributed by atoms with Crippen LogP contribution in [0.15, 0.2) is 22.7 Å². The molecular formula is C12H12FN3O3. The summed E-state index contributed by atoms with van der Waals surface area (Å²) in [5.74, 6) is -0.552. The summed E-state index contributed by atoms with van der Waals surface area (Å²) in [5.41, 5.74) is 0.420. The van der Waals surface area contributed by atoms with Crippen molar-refractivity contribution < 1.29 is 19.1 Å². The molecule has 1 saturated heterocycles. The Morgan fingerprint density at radius 3 is 2.95 bits per heavy atom. The molecule has 1 aliphatic rings. The largest absolute Gasteiger partial charge is 0.505 e. The van der Waals surface area contributed by atoms with E-state index < -0.39 is 17.7 Å². The summed E-state index contributed by atoms with van der Waals surface area (Å²) in [7, 11) is 0. The third kappa shape index (κ3) is 2.29. The van der Waals surface area contributed by atoms with Gasteiger partial charge in [-0.15, -0.1) is 0 Å². The molecule has 0 radical (unpaired) electrons. The maximum absolute atomic E-state index is 13.2. The first kappa shape index (κ1) is 12.1. The molecule has 19 heavy (non-hydrogen) atoms. The number of nitrogens with zero attached hydrogens (tertiary/aromatic N) is 2. The number of aromatic nitrogens is 2. The van der Waals surface area contributed by atoms with E-state index in [-0.39, 0.29) is 11.9 Å². The third-order valence-electron chi connectivity index (χ3n) is 3.05. The molecule has 1 aliphatic heterocycles. The number of nitrogens with one attached hydrogen (secondary N) is 1. The van der Waals surface area contributed by atoms with E-state index in [0.717, 1.165) is 6.07 Å². The van der Waals surface area contributed by atoms with Crippen molar-refractivity contribution in [1.29, 1.82) is 0 Å². The molecule has 6 nitrogen and oxygen atoms in total. The minimum Gasteiger partial charge on any atom is -0.505 e. The van der Waals surface area contributed by atoms with Crippen LogP contribution in [0.2, 0.25) is 0 Å². The Morgan fingerprint density at radius 2 is 2.26 bits per heavy atom. The van der Waals surface area contributed by atoms with Crippen molar-refractivity contribution in [3.05, 3.63) is 29.9 Å². The lowest BCUT2D eigenvalue weighted by atomic mass is 10.2. The van der Waals surface area contributed by atoms with Crippen molar-refractivity contribution in [1.82, 2.24) is 15.5 Å². The highest BCUT2D eigenvalue weighted by Crippen LogP contribution is 2.26. The molecule has 0 saturated carbocycles. The van der Waals surface area contributed by atoms with Crippen LogP contribution in [0.5, 0.6) is 5.75 Å². The van der Waals surface area contributed by atoms with E-state index >= 15 is 0 Å². The zero-order valence-corrected chi connectivity index (χ0v) is 9.88. The molecule has 0 aliphatic carbocycles. The molecule has 1 aromatic carbocycles. The number of hydrogen-bond acceptors (Lipinski definition) is 6. The van der Waals surface area contributed by atoms with Crippen LogP contribution in [-0.2, 0) is 0 Å². The van der Waals surface area contributed by atoms with Gasteiger partial charge in [0.15, 0.2) is 11.6 Å². The molecule has 0 amide bonds. The Labute approximate surface area is 107 Å². The van der Waals surface area contributed by atoms with Gasteiger partial charge in [0.1, 0.15) is 0 Å². The number of β-amino-alcohol motifs (C(OH)–C–C–N with tert-alkyl or cyclic N) is 1. The lowest BCUT2D eigenvalue weighted by Crippen LogP contribution is -2.15. The van der Waals surface area contributed by atoms with Gasteiger partial charge in [0.25, 0.3) is 0 Å². The maximum atomic E-state index is 13.2. The number of phenolic OH excluding ortho intramolecular Hbond substituents is 1. The Balaban J connectivity index is 1.86. The first-order valence-corrected chi connectivity index (χ1v) is 5.87. The summed E-state index contributed by atoms with van der Waals surface area (Å²) in [5, 5.41) is 25.4. The average molecular weight is 265 g/mol. The van der Waals surface area contributed by atoms with Gasteiger partial charge in [0, 0.05) is 12.1 Å². The molecule has 3 N–H and O–H groups in total. The van der Waals surface area contributed by atoms with Crippen molar-refractivity contribution in [2.24, 2.45) is 0 Å². The van der Waals surface area contributed by atoms with Gasteiger partial charge in [-0.25, -0.2) is 4.39 Å². The summed E-state index contributed by atoms with van der Waals surface area (Å²) in [6.07, 6.45) is 0.0810. The number of hydrogen-bond donors (Lipinski definition) is 3. The molecule has 0 unspecified atom stereocenters. The SMILES string of the molecule is Oc1ccc(-c2noc([C@H]3C[C@@H](O)CN3)n2)cc1F. The number of aliphatic hydroxyl groups excluding tert-OH is 1. The predicted octanol–water partition coefficient (Wildman–Crippen LogP) is 0.977. The van der Waals surface area contributed by atoms with Crippen molar-refractivity contribution in [3.8, 4) is 17.1 Å². The summed E-state index contributed by atoms with van der Waals surface area (Å²) >= 11 is 0. The monoisotopic (exact) mass is 265 g/mol. The molecule has 3 rings (SSSR count). The quantitative estimate of drug-likeness (QED) is 0.749. The molecular weight excluding hydrogens is 253 g/mol. The van der Waals surface area contributed by atoms with Gasteiger partial charge in [0.05, 0.1) is 12.1 Å². The van der Waals surface area contributed by atoms with E-state index in [2.05, 4.69) is 15.5 Å². The molecule has 1 aromatic heterocycles. The van der Waals surface area contributed by atoms with Gasteiger partial charge < -0.3 is 20.1 Å². The second-order valence-corrected chi connectivity index (χ2v) is 4.47. The van der Waals surface area contributed by atoms with Gasteiger partial charge >= 0.3 is 0 Å². The topological polar surface area (TPSA) is 91.4 Å². The second kappa shape index (κ2) is 4.60. The standard InChI is InChI=1S/C12H12FN3O3/c13-8-3-6(1-2-10(8)18)11-15-12(19-16-11)9-4-7(17)5-14-9/h1-3,7,9,14,17-18H,4-5H2/t7-,9-/m1/s1. The Morgan fingerprint density at radius 1 is 1.42 bits per heavy atom. The third-order valence-corrected chi connectivity index (χ3v) is 3.05. The number of aliphatic hydroxyl groups is 1. The van der Waals surface area contributed by atoms with Crippen molar-refractivity contribution in [2.45, 2.75) is 18.6 Å². The van der Waals surface area contributed by atoms with Crippen molar-refractivity contribution >= 4 is 0 Å². The van der Waals surface area contributed by atoms with Crippen LogP contribution in [-0.4, -0.2) is 33.0 Å². The lowest BCUT2D eigenvalue weighted by molar-refractivity contribution is 0.191. The van der Waals surface area contributed by atoms with E-state index in [1.54, 1.807) is 0 Å². The fraction of sp³-hybridized carbons (Fsp3) is 0.333. The fourth-order valence-corrected chi connectivity index (χ4v) is 2.05. The smallest absolute Gasteiger partial charge is 0.244 e. The lowest BCUT2D eigenvalue weighted by Gasteiger charge is -2.01. The van der Waals surface area contributed by atoms with E-state index in [1.165, 1.54) is 12.1 Å². The summed E-state index contributed by atoms with van der Waals surface area (Å²) in [6, 6.07) is 3.70. The number of aromatic hydroxyl groups is 1. The van der Waals surface area contributed by atoms with Crippen LogP contribution >= 0.6 is 0 Å².